The van der Waals surface area contributed by atoms with Crippen LogP contribution in [0.2, 0.25) is 0 Å². The normalized spacial score (nSPS) is 17.0. The summed E-state index contributed by atoms with van der Waals surface area (Å²) in [6.45, 7) is 1.61. The summed E-state index contributed by atoms with van der Waals surface area (Å²) in [4.78, 5) is 14.6. The third kappa shape index (κ3) is 5.40. The van der Waals surface area contributed by atoms with Crippen molar-refractivity contribution in [1.82, 2.24) is 4.90 Å². The topological polar surface area (TPSA) is 55.6 Å². The molecule has 130 valence electrons. The summed E-state index contributed by atoms with van der Waals surface area (Å²) in [5, 5.41) is 0. The van der Waals surface area contributed by atoms with Crippen LogP contribution in [0.15, 0.2) is 24.3 Å². The van der Waals surface area contributed by atoms with E-state index < -0.39 is 0 Å². The van der Waals surface area contributed by atoms with E-state index in [1.165, 1.54) is 0 Å². The van der Waals surface area contributed by atoms with Crippen molar-refractivity contribution in [2.45, 2.75) is 51.0 Å². The highest BCUT2D eigenvalue weighted by molar-refractivity contribution is 5.85. The predicted octanol–water partition coefficient (Wildman–Crippen LogP) is 3.69. The van der Waals surface area contributed by atoms with Crippen molar-refractivity contribution in [1.29, 1.82) is 0 Å². The van der Waals surface area contributed by atoms with E-state index in [0.717, 1.165) is 62.9 Å². The summed E-state index contributed by atoms with van der Waals surface area (Å²) in [5.41, 5.74) is 6.63. The van der Waals surface area contributed by atoms with E-state index in [2.05, 4.69) is 6.07 Å². The van der Waals surface area contributed by atoms with Crippen molar-refractivity contribution in [2.24, 2.45) is 5.73 Å². The molecular formula is C18H29ClN2O2. The highest BCUT2D eigenvalue weighted by atomic mass is 35.5. The second-order valence-corrected chi connectivity index (χ2v) is 5.94. The fourth-order valence-electron chi connectivity index (χ4n) is 3.25. The maximum atomic E-state index is 12.5. The van der Waals surface area contributed by atoms with Gasteiger partial charge < -0.3 is 15.4 Å². The fourth-order valence-corrected chi connectivity index (χ4v) is 3.25. The Kier molecular flexibility index (Phi) is 9.03. The van der Waals surface area contributed by atoms with Gasteiger partial charge in [0.1, 0.15) is 5.75 Å². The Balaban J connectivity index is 0.00000264. The van der Waals surface area contributed by atoms with Crippen LogP contribution in [0.25, 0.3) is 0 Å². The lowest BCUT2D eigenvalue weighted by Crippen LogP contribution is -2.30. The number of hydrogen-bond donors (Lipinski definition) is 1. The van der Waals surface area contributed by atoms with E-state index >= 15 is 0 Å². The van der Waals surface area contributed by atoms with E-state index in [4.69, 9.17) is 10.5 Å². The van der Waals surface area contributed by atoms with Gasteiger partial charge in [0.15, 0.2) is 0 Å². The molecule has 1 fully saturated rings. The van der Waals surface area contributed by atoms with Crippen molar-refractivity contribution < 1.29 is 9.53 Å². The van der Waals surface area contributed by atoms with E-state index in [0.29, 0.717) is 6.42 Å². The zero-order valence-corrected chi connectivity index (χ0v) is 14.8. The molecule has 1 aliphatic heterocycles. The number of carbonyl (C=O) groups is 1. The molecule has 1 atom stereocenters. The molecule has 0 radical (unpaired) electrons. The summed E-state index contributed by atoms with van der Waals surface area (Å²) < 4.78 is 5.46. The number of nitrogens with two attached hydrogens (primary N) is 1. The van der Waals surface area contributed by atoms with E-state index in [1.807, 2.05) is 23.1 Å². The maximum Gasteiger partial charge on any atom is 0.223 e. The maximum absolute atomic E-state index is 12.5. The number of hydrogen-bond acceptors (Lipinski definition) is 3. The van der Waals surface area contributed by atoms with Crippen LogP contribution in [0.1, 0.15) is 56.6 Å². The first-order valence-electron chi connectivity index (χ1n) is 8.40. The standard InChI is InChI=1S/C18H28N2O2.ClH/c1-22-17-11-6-5-9-15(17)16-10-8-14-20(16)18(21)12-4-2-3-7-13-19;/h5-6,9,11,16H,2-4,7-8,10,12-14,19H2,1H3;1H. The lowest BCUT2D eigenvalue weighted by atomic mass is 10.0. The number of likely N-dealkylation sites (tertiary alicyclic amines) is 1. The highest BCUT2D eigenvalue weighted by Crippen LogP contribution is 2.37. The molecule has 1 aromatic rings. The molecule has 5 heteroatoms. The number of carbonyl (C=O) groups excluding carboxylic acids is 1. The average molecular weight is 341 g/mol. The van der Waals surface area contributed by atoms with Crippen LogP contribution in [0.3, 0.4) is 0 Å². The lowest BCUT2D eigenvalue weighted by molar-refractivity contribution is -0.132. The minimum atomic E-state index is 0. The van der Waals surface area contributed by atoms with Gasteiger partial charge in [0.05, 0.1) is 13.2 Å². The van der Waals surface area contributed by atoms with Crippen molar-refractivity contribution >= 4 is 18.3 Å². The Hall–Kier alpha value is -1.26. The molecule has 4 nitrogen and oxygen atoms in total. The lowest BCUT2D eigenvalue weighted by Gasteiger charge is -2.26. The molecule has 1 heterocycles. The summed E-state index contributed by atoms with van der Waals surface area (Å²) in [7, 11) is 1.69. The Labute approximate surface area is 145 Å². The number of ether oxygens (including phenoxy) is 1. The third-order valence-corrected chi connectivity index (χ3v) is 4.42. The van der Waals surface area contributed by atoms with Gasteiger partial charge in [-0.3, -0.25) is 4.79 Å². The van der Waals surface area contributed by atoms with Gasteiger partial charge in [0.25, 0.3) is 0 Å². The Bertz CT molecular complexity index is 482. The van der Waals surface area contributed by atoms with Crippen molar-refractivity contribution in [3.8, 4) is 5.75 Å². The molecule has 0 spiro atoms. The smallest absolute Gasteiger partial charge is 0.223 e. The zero-order chi connectivity index (χ0) is 15.8. The minimum Gasteiger partial charge on any atom is -0.496 e. The fraction of sp³-hybridized carbons (Fsp3) is 0.611. The SMILES string of the molecule is COc1ccccc1C1CCCN1C(=O)CCCCCCN.Cl. The predicted molar refractivity (Wildman–Crippen MR) is 96.1 cm³/mol. The van der Waals surface area contributed by atoms with Crippen LogP contribution in [-0.2, 0) is 4.79 Å². The molecule has 2 rings (SSSR count). The van der Waals surface area contributed by atoms with E-state index in [9.17, 15) is 4.79 Å². The van der Waals surface area contributed by atoms with Gasteiger partial charge in [-0.15, -0.1) is 12.4 Å². The highest BCUT2D eigenvalue weighted by Gasteiger charge is 2.31. The van der Waals surface area contributed by atoms with Gasteiger partial charge in [-0.25, -0.2) is 0 Å². The van der Waals surface area contributed by atoms with Crippen LogP contribution in [0.5, 0.6) is 5.75 Å². The van der Waals surface area contributed by atoms with Gasteiger partial charge in [-0.1, -0.05) is 31.0 Å². The van der Waals surface area contributed by atoms with Crippen LogP contribution in [-0.4, -0.2) is 31.0 Å². The summed E-state index contributed by atoms with van der Waals surface area (Å²) in [5.74, 6) is 1.16. The summed E-state index contributed by atoms with van der Waals surface area (Å²) >= 11 is 0. The molecule has 1 aliphatic rings. The van der Waals surface area contributed by atoms with Gasteiger partial charge in [-0.05, 0) is 38.3 Å². The number of halogens is 1. The first kappa shape index (κ1) is 19.8. The van der Waals surface area contributed by atoms with Crippen molar-refractivity contribution in [3.63, 3.8) is 0 Å². The quantitative estimate of drug-likeness (QED) is 0.734. The van der Waals surface area contributed by atoms with Gasteiger partial charge in [-0.2, -0.15) is 0 Å². The molecule has 0 aromatic heterocycles. The largest absolute Gasteiger partial charge is 0.496 e. The van der Waals surface area contributed by atoms with Crippen molar-refractivity contribution in [2.75, 3.05) is 20.2 Å². The molecule has 1 amide bonds. The second kappa shape index (κ2) is 10.5. The van der Waals surface area contributed by atoms with Gasteiger partial charge in [0.2, 0.25) is 5.91 Å². The first-order chi connectivity index (χ1) is 10.8. The third-order valence-electron chi connectivity index (χ3n) is 4.42. The van der Waals surface area contributed by atoms with Crippen LogP contribution in [0, 0.1) is 0 Å². The molecule has 2 N–H and O–H groups in total. The van der Waals surface area contributed by atoms with Crippen LogP contribution in [0.4, 0.5) is 0 Å². The molecule has 0 aliphatic carbocycles. The molecule has 1 aromatic carbocycles. The zero-order valence-electron chi connectivity index (χ0n) is 14.0. The monoisotopic (exact) mass is 340 g/mol. The minimum absolute atomic E-state index is 0. The summed E-state index contributed by atoms with van der Waals surface area (Å²) in [6, 6.07) is 8.22. The van der Waals surface area contributed by atoms with Crippen LogP contribution >= 0.6 is 12.4 Å². The number of unbranched alkanes of at least 4 members (excludes halogenated alkanes) is 3. The molecule has 23 heavy (non-hydrogen) atoms. The molecule has 0 saturated carbocycles. The molecular weight excluding hydrogens is 312 g/mol. The molecule has 0 bridgehead atoms. The number of amides is 1. The first-order valence-corrected chi connectivity index (χ1v) is 8.40. The van der Waals surface area contributed by atoms with Crippen molar-refractivity contribution in [3.05, 3.63) is 29.8 Å². The molecule has 1 saturated heterocycles. The molecule has 1 unspecified atom stereocenters. The Morgan fingerprint density at radius 1 is 1.26 bits per heavy atom. The Morgan fingerprint density at radius 2 is 2.00 bits per heavy atom. The number of para-hydroxylation sites is 1. The number of methoxy groups -OCH3 is 1. The van der Waals surface area contributed by atoms with Gasteiger partial charge >= 0.3 is 0 Å². The summed E-state index contributed by atoms with van der Waals surface area (Å²) in [6.07, 6.45) is 6.99. The van der Waals surface area contributed by atoms with Crippen LogP contribution < -0.4 is 10.5 Å². The number of rotatable bonds is 8. The number of benzene rings is 1. The van der Waals surface area contributed by atoms with E-state index in [1.54, 1.807) is 7.11 Å². The Morgan fingerprint density at radius 3 is 2.74 bits per heavy atom. The number of nitrogens with zero attached hydrogens (tertiary/aromatic N) is 1. The second-order valence-electron chi connectivity index (χ2n) is 5.94. The van der Waals surface area contributed by atoms with E-state index in [-0.39, 0.29) is 24.4 Å². The average Bonchev–Trinajstić information content (AvgIpc) is 3.04. The van der Waals surface area contributed by atoms with Gasteiger partial charge in [0, 0.05) is 18.5 Å².